The van der Waals surface area contributed by atoms with Crippen LogP contribution < -0.4 is 10.5 Å². The van der Waals surface area contributed by atoms with Crippen LogP contribution in [-0.4, -0.2) is 58.9 Å². The summed E-state index contributed by atoms with van der Waals surface area (Å²) in [4.78, 5) is 22.9. The first-order valence-electron chi connectivity index (χ1n) is 10.4. The minimum absolute atomic E-state index is 0. The molecule has 0 unspecified atom stereocenters. The molecule has 1 saturated heterocycles. The molecule has 6 nitrogen and oxygen atoms in total. The van der Waals surface area contributed by atoms with Gasteiger partial charge in [-0.2, -0.15) is 0 Å². The number of likely N-dealkylation sites (N-methyl/N-ethyl adjacent to an activating group) is 1. The molecule has 0 amide bonds. The molecule has 172 valence electrons. The van der Waals surface area contributed by atoms with Crippen LogP contribution in [0.15, 0.2) is 65.7 Å². The number of aliphatic hydroxyl groups is 1. The van der Waals surface area contributed by atoms with E-state index in [0.29, 0.717) is 22.0 Å². The molecule has 2 atom stereocenters. The predicted molar refractivity (Wildman–Crippen MR) is 139 cm³/mol. The number of thiophene rings is 1. The summed E-state index contributed by atoms with van der Waals surface area (Å²) < 4.78 is 2.33. The number of pyridine rings is 2. The molecular weight excluding hydrogens is 479 g/mol. The van der Waals surface area contributed by atoms with Crippen molar-refractivity contribution in [3.05, 3.63) is 76.3 Å². The second-order valence-electron chi connectivity index (χ2n) is 8.27. The Bertz CT molecular complexity index is 1320. The zero-order chi connectivity index (χ0) is 22.4. The first-order chi connectivity index (χ1) is 15.4. The van der Waals surface area contributed by atoms with Gasteiger partial charge in [-0.05, 0) is 56.1 Å². The number of aromatic nitrogens is 2. The molecule has 0 radical (unpaired) electrons. The smallest absolute Gasteiger partial charge is 0.273 e. The Kier molecular flexibility index (Phi) is 6.79. The van der Waals surface area contributed by atoms with Crippen molar-refractivity contribution in [1.82, 2.24) is 14.5 Å². The quantitative estimate of drug-likeness (QED) is 0.450. The average Bonchev–Trinajstić information content (AvgIpc) is 3.39. The highest BCUT2D eigenvalue weighted by Crippen LogP contribution is 2.32. The molecule has 1 fully saturated rings. The van der Waals surface area contributed by atoms with Crippen molar-refractivity contribution in [3.63, 3.8) is 0 Å². The fourth-order valence-electron chi connectivity index (χ4n) is 4.16. The topological polar surface area (TPSA) is 61.6 Å². The van der Waals surface area contributed by atoms with Crippen molar-refractivity contribution in [2.45, 2.75) is 12.1 Å². The van der Waals surface area contributed by atoms with Crippen LogP contribution in [0.1, 0.15) is 0 Å². The van der Waals surface area contributed by atoms with E-state index in [9.17, 15) is 9.90 Å². The summed E-state index contributed by atoms with van der Waals surface area (Å²) in [6.45, 7) is 1.26. The first-order valence-corrected chi connectivity index (χ1v) is 11.6. The van der Waals surface area contributed by atoms with Crippen LogP contribution in [0.5, 0.6) is 0 Å². The Morgan fingerprint density at radius 2 is 1.88 bits per heavy atom. The maximum atomic E-state index is 13.2. The Morgan fingerprint density at radius 1 is 1.12 bits per heavy atom. The molecule has 1 aliphatic heterocycles. The standard InChI is InChI=1S/C24H23ClN4O2S.ClH/c1-27(2)19-13-28(14-20(19)30)22-8-7-18(12-26-22)29-10-9-16-11-21(32-23(16)24(29)31)15-3-5-17(25)6-4-15;/h3-12,19-20,30H,13-14H2,1-2H3;1H/t19-,20-;/m1./s1. The van der Waals surface area contributed by atoms with Crippen LogP contribution in [0, 0.1) is 0 Å². The van der Waals surface area contributed by atoms with Crippen LogP contribution in [0.25, 0.3) is 26.2 Å². The fraction of sp³-hybridized carbons (Fsp3) is 0.250. The summed E-state index contributed by atoms with van der Waals surface area (Å²) in [7, 11) is 3.94. The molecule has 5 rings (SSSR count). The molecule has 4 heterocycles. The number of nitrogens with zero attached hydrogens (tertiary/aromatic N) is 4. The SMILES string of the molecule is CN(C)[C@@H]1CN(c2ccc(-n3ccc4cc(-c5ccc(Cl)cc5)sc4c3=O)cn2)C[C@H]1O.Cl. The van der Waals surface area contributed by atoms with Gasteiger partial charge in [-0.3, -0.25) is 9.36 Å². The molecule has 0 spiro atoms. The second kappa shape index (κ2) is 9.44. The lowest BCUT2D eigenvalue weighted by molar-refractivity contribution is 0.114. The molecule has 3 aromatic heterocycles. The summed E-state index contributed by atoms with van der Waals surface area (Å²) in [6.07, 6.45) is 3.10. The van der Waals surface area contributed by atoms with Crippen LogP contribution in [0.2, 0.25) is 5.02 Å². The predicted octanol–water partition coefficient (Wildman–Crippen LogP) is 4.30. The van der Waals surface area contributed by atoms with Gasteiger partial charge in [0.2, 0.25) is 0 Å². The summed E-state index contributed by atoms with van der Waals surface area (Å²) in [5.74, 6) is 0.799. The third-order valence-corrected chi connectivity index (χ3v) is 7.40. The Balaban J connectivity index is 0.00000259. The van der Waals surface area contributed by atoms with E-state index in [4.69, 9.17) is 11.6 Å². The van der Waals surface area contributed by atoms with Crippen molar-refractivity contribution in [3.8, 4) is 16.1 Å². The van der Waals surface area contributed by atoms with Gasteiger partial charge in [0.15, 0.2) is 0 Å². The highest BCUT2D eigenvalue weighted by Gasteiger charge is 2.33. The van der Waals surface area contributed by atoms with E-state index in [1.807, 2.05) is 67.5 Å². The number of aliphatic hydroxyl groups excluding tert-OH is 1. The second-order valence-corrected chi connectivity index (χ2v) is 9.76. The summed E-state index contributed by atoms with van der Waals surface area (Å²) in [6, 6.07) is 15.5. The molecule has 0 saturated carbocycles. The minimum atomic E-state index is -0.412. The molecule has 1 N–H and O–H groups in total. The third kappa shape index (κ3) is 4.52. The molecule has 9 heteroatoms. The highest BCUT2D eigenvalue weighted by molar-refractivity contribution is 7.22. The molecule has 4 aromatic rings. The van der Waals surface area contributed by atoms with Crippen LogP contribution in [-0.2, 0) is 0 Å². The largest absolute Gasteiger partial charge is 0.390 e. The van der Waals surface area contributed by atoms with E-state index >= 15 is 0 Å². The first kappa shape index (κ1) is 23.7. The lowest BCUT2D eigenvalue weighted by atomic mass is 10.2. The van der Waals surface area contributed by atoms with Gasteiger partial charge in [-0.15, -0.1) is 23.7 Å². The van der Waals surface area contributed by atoms with Crippen LogP contribution in [0.4, 0.5) is 5.82 Å². The summed E-state index contributed by atoms with van der Waals surface area (Å²) in [5.41, 5.74) is 1.69. The molecule has 1 aliphatic rings. The Morgan fingerprint density at radius 3 is 2.52 bits per heavy atom. The van der Waals surface area contributed by atoms with E-state index in [2.05, 4.69) is 9.88 Å². The van der Waals surface area contributed by atoms with Crippen LogP contribution in [0.3, 0.4) is 0 Å². The van der Waals surface area contributed by atoms with Crippen molar-refractivity contribution in [2.24, 2.45) is 0 Å². The maximum absolute atomic E-state index is 13.2. The van der Waals surface area contributed by atoms with Gasteiger partial charge in [0.25, 0.3) is 5.56 Å². The summed E-state index contributed by atoms with van der Waals surface area (Å²) in [5, 5.41) is 11.9. The third-order valence-electron chi connectivity index (χ3n) is 5.96. The van der Waals surface area contributed by atoms with Crippen molar-refractivity contribution in [2.75, 3.05) is 32.1 Å². The van der Waals surface area contributed by atoms with Crippen molar-refractivity contribution >= 4 is 51.2 Å². The van der Waals surface area contributed by atoms with E-state index in [0.717, 1.165) is 28.2 Å². The van der Waals surface area contributed by atoms with Gasteiger partial charge >= 0.3 is 0 Å². The Labute approximate surface area is 207 Å². The normalized spacial score (nSPS) is 18.2. The number of β-amino-alcohol motifs (C(OH)–C–C–N with tert-alkyl or cyclic N) is 1. The Hall–Kier alpha value is -2.42. The van der Waals surface area contributed by atoms with Gasteiger partial charge in [0.05, 0.1) is 24.0 Å². The van der Waals surface area contributed by atoms with E-state index in [1.165, 1.54) is 11.3 Å². The highest BCUT2D eigenvalue weighted by atomic mass is 35.5. The fourth-order valence-corrected chi connectivity index (χ4v) is 5.38. The zero-order valence-electron chi connectivity index (χ0n) is 18.2. The van der Waals surface area contributed by atoms with E-state index in [-0.39, 0.29) is 24.0 Å². The minimum Gasteiger partial charge on any atom is -0.390 e. The van der Waals surface area contributed by atoms with Crippen LogP contribution >= 0.6 is 35.3 Å². The van der Waals surface area contributed by atoms with E-state index < -0.39 is 6.10 Å². The van der Waals surface area contributed by atoms with E-state index in [1.54, 1.807) is 17.0 Å². The molecule has 0 bridgehead atoms. The number of rotatable bonds is 4. The molecular formula is C24H24Cl2N4O2S. The number of benzene rings is 1. The summed E-state index contributed by atoms with van der Waals surface area (Å²) >= 11 is 7.48. The number of fused-ring (bicyclic) bond motifs is 1. The van der Waals surface area contributed by atoms with Gasteiger partial charge in [-0.1, -0.05) is 23.7 Å². The average molecular weight is 503 g/mol. The monoisotopic (exact) mass is 502 g/mol. The van der Waals surface area contributed by atoms with Crippen molar-refractivity contribution in [1.29, 1.82) is 0 Å². The lowest BCUT2D eigenvalue weighted by Crippen LogP contribution is -2.38. The number of hydrogen-bond donors (Lipinski definition) is 1. The zero-order valence-corrected chi connectivity index (χ0v) is 20.6. The number of halogens is 2. The number of hydrogen-bond acceptors (Lipinski definition) is 6. The van der Waals surface area contributed by atoms with Gasteiger partial charge < -0.3 is 14.9 Å². The molecule has 0 aliphatic carbocycles. The lowest BCUT2D eigenvalue weighted by Gasteiger charge is -2.21. The van der Waals surface area contributed by atoms with Gasteiger partial charge in [0.1, 0.15) is 10.5 Å². The van der Waals surface area contributed by atoms with Gasteiger partial charge in [0, 0.05) is 34.6 Å². The molecule has 33 heavy (non-hydrogen) atoms. The van der Waals surface area contributed by atoms with Gasteiger partial charge in [-0.25, -0.2) is 4.98 Å². The molecule has 1 aromatic carbocycles. The van der Waals surface area contributed by atoms with Crippen molar-refractivity contribution < 1.29 is 5.11 Å². The maximum Gasteiger partial charge on any atom is 0.273 e. The number of anilines is 1.